The fourth-order valence-corrected chi connectivity index (χ4v) is 2.44. The zero-order valence-electron chi connectivity index (χ0n) is 10.5. The molecular formula is C13H13FN4O2. The van der Waals surface area contributed by atoms with Gasteiger partial charge in [0.2, 0.25) is 0 Å². The first-order valence-corrected chi connectivity index (χ1v) is 6.26. The quantitative estimate of drug-likeness (QED) is 0.878. The molecule has 2 atom stereocenters. The van der Waals surface area contributed by atoms with Crippen LogP contribution in [0.5, 0.6) is 0 Å². The van der Waals surface area contributed by atoms with Crippen LogP contribution in [0.15, 0.2) is 30.9 Å². The van der Waals surface area contributed by atoms with Crippen molar-refractivity contribution in [3.63, 3.8) is 0 Å². The minimum atomic E-state index is -0.820. The molecule has 104 valence electrons. The Morgan fingerprint density at radius 2 is 2.35 bits per heavy atom. The fourth-order valence-electron chi connectivity index (χ4n) is 2.44. The molecule has 1 saturated heterocycles. The van der Waals surface area contributed by atoms with Crippen molar-refractivity contribution in [3.05, 3.63) is 42.2 Å². The first-order chi connectivity index (χ1) is 9.65. The van der Waals surface area contributed by atoms with Gasteiger partial charge in [-0.1, -0.05) is 6.07 Å². The van der Waals surface area contributed by atoms with Gasteiger partial charge in [-0.25, -0.2) is 14.1 Å². The van der Waals surface area contributed by atoms with Crippen LogP contribution < -0.4 is 5.32 Å². The summed E-state index contributed by atoms with van der Waals surface area (Å²) in [4.78, 5) is 14.7. The summed E-state index contributed by atoms with van der Waals surface area (Å²) in [7, 11) is 0. The Labute approximate surface area is 114 Å². The van der Waals surface area contributed by atoms with Crippen LogP contribution in [-0.2, 0) is 4.79 Å². The summed E-state index contributed by atoms with van der Waals surface area (Å²) in [5, 5.41) is 16.0. The Balaban J connectivity index is 1.83. The van der Waals surface area contributed by atoms with Gasteiger partial charge in [-0.2, -0.15) is 5.10 Å². The number of carbonyl (C=O) groups is 1. The van der Waals surface area contributed by atoms with Gasteiger partial charge in [-0.15, -0.1) is 0 Å². The highest BCUT2D eigenvalue weighted by molar-refractivity contribution is 5.70. The van der Waals surface area contributed by atoms with Crippen molar-refractivity contribution in [3.8, 4) is 5.69 Å². The SMILES string of the molecule is O=C(O)C1CNC(c2ccc(-n3cncn3)c(F)c2)C1. The molecule has 0 radical (unpaired) electrons. The van der Waals surface area contributed by atoms with E-state index in [0.29, 0.717) is 18.7 Å². The van der Waals surface area contributed by atoms with E-state index < -0.39 is 17.7 Å². The van der Waals surface area contributed by atoms with Crippen molar-refractivity contribution in [2.24, 2.45) is 5.92 Å². The summed E-state index contributed by atoms with van der Waals surface area (Å²) in [5.74, 6) is -1.65. The Morgan fingerprint density at radius 3 is 2.95 bits per heavy atom. The normalized spacial score (nSPS) is 22.1. The highest BCUT2D eigenvalue weighted by Crippen LogP contribution is 2.28. The number of nitrogens with zero attached hydrogens (tertiary/aromatic N) is 3. The third kappa shape index (κ3) is 2.27. The number of benzene rings is 1. The Bertz CT molecular complexity index is 629. The molecule has 1 aromatic carbocycles. The van der Waals surface area contributed by atoms with Gasteiger partial charge in [0.15, 0.2) is 0 Å². The number of carboxylic acid groups (broad SMARTS) is 1. The summed E-state index contributed by atoms with van der Waals surface area (Å²) in [6.45, 7) is 0.409. The molecule has 0 aliphatic carbocycles. The van der Waals surface area contributed by atoms with Gasteiger partial charge in [0.05, 0.1) is 5.92 Å². The molecule has 6 nitrogen and oxygen atoms in total. The van der Waals surface area contributed by atoms with E-state index in [0.717, 1.165) is 5.56 Å². The molecule has 2 unspecified atom stereocenters. The molecule has 3 rings (SSSR count). The Kier molecular flexibility index (Phi) is 3.19. The summed E-state index contributed by atoms with van der Waals surface area (Å²) in [6, 6.07) is 4.69. The van der Waals surface area contributed by atoms with Crippen LogP contribution in [0, 0.1) is 11.7 Å². The first-order valence-electron chi connectivity index (χ1n) is 6.26. The number of aromatic nitrogens is 3. The molecule has 0 spiro atoms. The zero-order valence-corrected chi connectivity index (χ0v) is 10.5. The van der Waals surface area contributed by atoms with Crippen LogP contribution >= 0.6 is 0 Å². The summed E-state index contributed by atoms with van der Waals surface area (Å²) in [6.07, 6.45) is 3.23. The maximum atomic E-state index is 14.1. The molecule has 0 saturated carbocycles. The maximum absolute atomic E-state index is 14.1. The molecule has 0 amide bonds. The summed E-state index contributed by atoms with van der Waals surface area (Å²) < 4.78 is 15.4. The minimum Gasteiger partial charge on any atom is -0.481 e. The van der Waals surface area contributed by atoms with Crippen molar-refractivity contribution < 1.29 is 14.3 Å². The highest BCUT2D eigenvalue weighted by atomic mass is 19.1. The third-order valence-electron chi connectivity index (χ3n) is 3.52. The number of halogens is 1. The van der Waals surface area contributed by atoms with E-state index in [2.05, 4.69) is 15.4 Å². The predicted molar refractivity (Wildman–Crippen MR) is 67.8 cm³/mol. The van der Waals surface area contributed by atoms with Crippen LogP contribution in [0.2, 0.25) is 0 Å². The lowest BCUT2D eigenvalue weighted by Gasteiger charge is -2.12. The van der Waals surface area contributed by atoms with E-state index in [1.165, 1.54) is 23.4 Å². The molecule has 2 N–H and O–H groups in total. The average molecular weight is 276 g/mol. The van der Waals surface area contributed by atoms with E-state index in [9.17, 15) is 9.18 Å². The molecule has 1 aliphatic heterocycles. The second-order valence-corrected chi connectivity index (χ2v) is 4.78. The van der Waals surface area contributed by atoms with Crippen LogP contribution in [0.25, 0.3) is 5.69 Å². The van der Waals surface area contributed by atoms with Crippen molar-refractivity contribution in [2.45, 2.75) is 12.5 Å². The molecule has 2 aromatic rings. The van der Waals surface area contributed by atoms with E-state index >= 15 is 0 Å². The number of aliphatic carboxylic acids is 1. The summed E-state index contributed by atoms with van der Waals surface area (Å²) >= 11 is 0. The van der Waals surface area contributed by atoms with Gasteiger partial charge in [0, 0.05) is 12.6 Å². The number of hydrogen-bond acceptors (Lipinski definition) is 4. The number of hydrogen-bond donors (Lipinski definition) is 2. The zero-order chi connectivity index (χ0) is 14.1. The lowest BCUT2D eigenvalue weighted by molar-refractivity contribution is -0.141. The van der Waals surface area contributed by atoms with E-state index in [-0.39, 0.29) is 6.04 Å². The molecular weight excluding hydrogens is 263 g/mol. The Hall–Kier alpha value is -2.28. The molecule has 1 aliphatic rings. The fraction of sp³-hybridized carbons (Fsp3) is 0.308. The van der Waals surface area contributed by atoms with Crippen LogP contribution in [-0.4, -0.2) is 32.4 Å². The van der Waals surface area contributed by atoms with Crippen LogP contribution in [0.4, 0.5) is 4.39 Å². The number of carboxylic acids is 1. The van der Waals surface area contributed by atoms with Gasteiger partial charge in [0.1, 0.15) is 24.2 Å². The van der Waals surface area contributed by atoms with Crippen molar-refractivity contribution in [1.29, 1.82) is 0 Å². The van der Waals surface area contributed by atoms with Gasteiger partial charge in [0.25, 0.3) is 0 Å². The highest BCUT2D eigenvalue weighted by Gasteiger charge is 2.30. The molecule has 20 heavy (non-hydrogen) atoms. The van der Waals surface area contributed by atoms with Crippen molar-refractivity contribution in [2.75, 3.05) is 6.54 Å². The average Bonchev–Trinajstić information content (AvgIpc) is 3.10. The number of rotatable bonds is 3. The topological polar surface area (TPSA) is 80.0 Å². The van der Waals surface area contributed by atoms with Crippen LogP contribution in [0.3, 0.4) is 0 Å². The molecule has 1 aromatic heterocycles. The van der Waals surface area contributed by atoms with Crippen molar-refractivity contribution >= 4 is 5.97 Å². The van der Waals surface area contributed by atoms with Crippen molar-refractivity contribution in [1.82, 2.24) is 20.1 Å². The van der Waals surface area contributed by atoms with Gasteiger partial charge in [-0.3, -0.25) is 4.79 Å². The smallest absolute Gasteiger partial charge is 0.307 e. The molecule has 7 heteroatoms. The van der Waals surface area contributed by atoms with E-state index in [1.54, 1.807) is 12.1 Å². The lowest BCUT2D eigenvalue weighted by atomic mass is 10.00. The largest absolute Gasteiger partial charge is 0.481 e. The minimum absolute atomic E-state index is 0.129. The molecule has 2 heterocycles. The first kappa shape index (κ1) is 12.7. The summed E-state index contributed by atoms with van der Waals surface area (Å²) in [5.41, 5.74) is 1.06. The number of nitrogens with one attached hydrogen (secondary N) is 1. The Morgan fingerprint density at radius 1 is 1.50 bits per heavy atom. The van der Waals surface area contributed by atoms with E-state index in [4.69, 9.17) is 5.11 Å². The molecule has 1 fully saturated rings. The van der Waals surface area contributed by atoms with Crippen LogP contribution in [0.1, 0.15) is 18.0 Å². The second-order valence-electron chi connectivity index (χ2n) is 4.78. The monoisotopic (exact) mass is 276 g/mol. The lowest BCUT2D eigenvalue weighted by Crippen LogP contribution is -2.17. The second kappa shape index (κ2) is 5.01. The molecule has 0 bridgehead atoms. The predicted octanol–water partition coefficient (Wildman–Crippen LogP) is 1.14. The standard InChI is InChI=1S/C13H13FN4O2/c14-10-3-8(11-4-9(5-16-11)13(19)20)1-2-12(10)18-7-15-6-17-18/h1-3,6-7,9,11,16H,4-5H2,(H,19,20). The van der Waals surface area contributed by atoms with E-state index in [1.807, 2.05) is 0 Å². The van der Waals surface area contributed by atoms with Gasteiger partial charge >= 0.3 is 5.97 Å². The maximum Gasteiger partial charge on any atom is 0.307 e. The van der Waals surface area contributed by atoms with Gasteiger partial charge in [-0.05, 0) is 24.1 Å². The van der Waals surface area contributed by atoms with Gasteiger partial charge < -0.3 is 10.4 Å². The third-order valence-corrected chi connectivity index (χ3v) is 3.52.